The summed E-state index contributed by atoms with van der Waals surface area (Å²) in [6.45, 7) is 2.82. The number of carbonyl (C=O) groups excluding carboxylic acids is 3. The first kappa shape index (κ1) is 18.2. The number of carbonyl (C=O) groups is 3. The molecule has 0 atom stereocenters. The maximum atomic E-state index is 12.3. The van der Waals surface area contributed by atoms with Gasteiger partial charge < -0.3 is 19.2 Å². The van der Waals surface area contributed by atoms with Crippen LogP contribution in [0, 0.1) is 13.8 Å². The van der Waals surface area contributed by atoms with Crippen molar-refractivity contribution in [1.82, 2.24) is 9.97 Å². The van der Waals surface area contributed by atoms with Gasteiger partial charge in [0, 0.05) is 18.0 Å². The topological polar surface area (TPSA) is 108 Å². The number of methoxy groups -OCH3 is 2. The molecule has 8 heteroatoms. The van der Waals surface area contributed by atoms with E-state index in [1.54, 1.807) is 13.8 Å². The van der Waals surface area contributed by atoms with Crippen LogP contribution in [0.5, 0.6) is 5.88 Å². The van der Waals surface area contributed by atoms with Crippen LogP contribution in [-0.4, -0.2) is 48.5 Å². The van der Waals surface area contributed by atoms with Crippen LogP contribution in [0.2, 0.25) is 0 Å². The quantitative estimate of drug-likeness (QED) is 0.628. The van der Waals surface area contributed by atoms with E-state index >= 15 is 0 Å². The van der Waals surface area contributed by atoms with Crippen molar-refractivity contribution >= 4 is 17.7 Å². The highest BCUT2D eigenvalue weighted by molar-refractivity contribution is 6.03. The number of H-pyrrole nitrogens is 1. The van der Waals surface area contributed by atoms with Gasteiger partial charge in [0.15, 0.2) is 6.61 Å². The second-order valence-electron chi connectivity index (χ2n) is 5.21. The zero-order valence-electron chi connectivity index (χ0n) is 14.3. The van der Waals surface area contributed by atoms with Crippen LogP contribution in [0.3, 0.4) is 0 Å². The van der Waals surface area contributed by atoms with E-state index < -0.39 is 24.3 Å². The van der Waals surface area contributed by atoms with Gasteiger partial charge >= 0.3 is 11.9 Å². The Hall–Kier alpha value is -3.16. The Morgan fingerprint density at radius 2 is 1.84 bits per heavy atom. The molecule has 0 radical (unpaired) electrons. The van der Waals surface area contributed by atoms with Crippen molar-refractivity contribution in [3.05, 3.63) is 46.4 Å². The smallest absolute Gasteiger partial charge is 0.340 e. The van der Waals surface area contributed by atoms with Gasteiger partial charge in [-0.25, -0.2) is 14.6 Å². The van der Waals surface area contributed by atoms with Crippen molar-refractivity contribution < 1.29 is 28.6 Å². The zero-order chi connectivity index (χ0) is 18.6. The van der Waals surface area contributed by atoms with E-state index in [1.807, 2.05) is 0 Å². The van der Waals surface area contributed by atoms with Crippen molar-refractivity contribution in [2.75, 3.05) is 20.8 Å². The number of Topliss-reactive ketones (excluding diaryl/α,β-unsaturated/α-hetero) is 1. The third-order valence-electron chi connectivity index (χ3n) is 3.62. The summed E-state index contributed by atoms with van der Waals surface area (Å²) in [7, 11) is 2.72. The lowest BCUT2D eigenvalue weighted by atomic mass is 10.1. The normalized spacial score (nSPS) is 10.2. The molecule has 132 valence electrons. The van der Waals surface area contributed by atoms with Crippen LogP contribution in [0.15, 0.2) is 18.3 Å². The third-order valence-corrected chi connectivity index (χ3v) is 3.62. The number of pyridine rings is 1. The molecule has 0 saturated heterocycles. The molecule has 2 aromatic rings. The van der Waals surface area contributed by atoms with E-state index in [4.69, 9.17) is 14.2 Å². The summed E-state index contributed by atoms with van der Waals surface area (Å²) in [4.78, 5) is 42.7. The van der Waals surface area contributed by atoms with E-state index in [0.717, 1.165) is 0 Å². The highest BCUT2D eigenvalue weighted by Crippen LogP contribution is 2.19. The molecule has 0 bridgehead atoms. The molecule has 8 nitrogen and oxygen atoms in total. The van der Waals surface area contributed by atoms with Gasteiger partial charge in [-0.3, -0.25) is 4.79 Å². The number of nitrogens with zero attached hydrogens (tertiary/aromatic N) is 1. The number of nitrogens with one attached hydrogen (secondary N) is 1. The number of aromatic amines is 1. The first-order valence-corrected chi connectivity index (χ1v) is 7.36. The Kier molecular flexibility index (Phi) is 5.53. The summed E-state index contributed by atoms with van der Waals surface area (Å²) in [5.74, 6) is -1.31. The molecule has 1 N–H and O–H groups in total. The first-order chi connectivity index (χ1) is 11.9. The fraction of sp³-hybridized carbons (Fsp3) is 0.294. The molecule has 25 heavy (non-hydrogen) atoms. The Bertz CT molecular complexity index is 807. The Balaban J connectivity index is 2.07. The fourth-order valence-electron chi connectivity index (χ4n) is 2.35. The van der Waals surface area contributed by atoms with Crippen molar-refractivity contribution in [3.8, 4) is 5.88 Å². The van der Waals surface area contributed by atoms with E-state index in [-0.39, 0.29) is 11.3 Å². The van der Waals surface area contributed by atoms with Crippen molar-refractivity contribution in [1.29, 1.82) is 0 Å². The third kappa shape index (κ3) is 3.85. The van der Waals surface area contributed by atoms with Gasteiger partial charge in [-0.05, 0) is 25.5 Å². The van der Waals surface area contributed by atoms with Crippen LogP contribution in [-0.2, 0) is 9.47 Å². The summed E-state index contributed by atoms with van der Waals surface area (Å²) >= 11 is 0. The number of ether oxygens (including phenoxy) is 3. The molecule has 0 aliphatic rings. The monoisotopic (exact) mass is 346 g/mol. The van der Waals surface area contributed by atoms with Gasteiger partial charge in [-0.2, -0.15) is 0 Å². The predicted octanol–water partition coefficient (Wildman–Crippen LogP) is 1.86. The standard InChI is InChI=1S/C17H18N2O6/c1-9-14(17(22)24-4)10(2)19-15(9)12(20)8-25-16(21)11-5-6-13(23-3)18-7-11/h5-7,19H,8H2,1-4H3. The van der Waals surface area contributed by atoms with E-state index in [0.29, 0.717) is 22.7 Å². The molecular formula is C17H18N2O6. The number of aromatic nitrogens is 2. The summed E-state index contributed by atoms with van der Waals surface area (Å²) < 4.78 is 14.6. The highest BCUT2D eigenvalue weighted by Gasteiger charge is 2.23. The van der Waals surface area contributed by atoms with E-state index in [2.05, 4.69) is 9.97 Å². The minimum atomic E-state index is -0.683. The van der Waals surface area contributed by atoms with E-state index in [1.165, 1.54) is 32.5 Å². The molecule has 2 aromatic heterocycles. The molecule has 0 fully saturated rings. The lowest BCUT2D eigenvalue weighted by molar-refractivity contribution is 0.0472. The van der Waals surface area contributed by atoms with E-state index in [9.17, 15) is 14.4 Å². The number of hydrogen-bond acceptors (Lipinski definition) is 7. The van der Waals surface area contributed by atoms with Crippen LogP contribution in [0.1, 0.15) is 42.5 Å². The van der Waals surface area contributed by atoms with Gasteiger partial charge in [-0.15, -0.1) is 0 Å². The summed E-state index contributed by atoms with van der Waals surface area (Å²) in [5, 5.41) is 0. The highest BCUT2D eigenvalue weighted by atomic mass is 16.5. The molecule has 0 saturated carbocycles. The maximum absolute atomic E-state index is 12.3. The minimum Gasteiger partial charge on any atom is -0.481 e. The summed E-state index contributed by atoms with van der Waals surface area (Å²) in [6, 6.07) is 3.00. The molecule has 0 unspecified atom stereocenters. The second-order valence-corrected chi connectivity index (χ2v) is 5.21. The molecule has 2 heterocycles. The first-order valence-electron chi connectivity index (χ1n) is 7.36. The molecule has 0 amide bonds. The van der Waals surface area contributed by atoms with Gasteiger partial charge in [0.05, 0.1) is 31.0 Å². The lowest BCUT2D eigenvalue weighted by Gasteiger charge is -2.05. The number of ketones is 1. The number of hydrogen-bond donors (Lipinski definition) is 1. The maximum Gasteiger partial charge on any atom is 0.340 e. The number of rotatable bonds is 6. The van der Waals surface area contributed by atoms with Crippen molar-refractivity contribution in [2.24, 2.45) is 0 Å². The van der Waals surface area contributed by atoms with Crippen LogP contribution < -0.4 is 4.74 Å². The molecule has 0 aliphatic heterocycles. The predicted molar refractivity (Wildman–Crippen MR) is 87.0 cm³/mol. The molecular weight excluding hydrogens is 328 g/mol. The molecule has 0 aliphatic carbocycles. The van der Waals surface area contributed by atoms with Gasteiger partial charge in [0.25, 0.3) is 0 Å². The zero-order valence-corrected chi connectivity index (χ0v) is 14.3. The minimum absolute atomic E-state index is 0.197. The number of aryl methyl sites for hydroxylation is 1. The molecule has 2 rings (SSSR count). The second kappa shape index (κ2) is 7.61. The van der Waals surface area contributed by atoms with Crippen molar-refractivity contribution in [3.63, 3.8) is 0 Å². The molecule has 0 aromatic carbocycles. The summed E-state index contributed by atoms with van der Waals surface area (Å²) in [6.07, 6.45) is 1.30. The Labute approximate surface area is 144 Å². The Morgan fingerprint density at radius 1 is 1.12 bits per heavy atom. The largest absolute Gasteiger partial charge is 0.481 e. The lowest BCUT2D eigenvalue weighted by Crippen LogP contribution is -2.15. The van der Waals surface area contributed by atoms with Gasteiger partial charge in [-0.1, -0.05) is 0 Å². The van der Waals surface area contributed by atoms with Gasteiger partial charge in [0.2, 0.25) is 11.7 Å². The van der Waals surface area contributed by atoms with Crippen LogP contribution in [0.25, 0.3) is 0 Å². The fourth-order valence-corrected chi connectivity index (χ4v) is 2.35. The molecule has 0 spiro atoms. The van der Waals surface area contributed by atoms with Crippen LogP contribution >= 0.6 is 0 Å². The average Bonchev–Trinajstić information content (AvgIpc) is 2.93. The van der Waals surface area contributed by atoms with Crippen molar-refractivity contribution in [2.45, 2.75) is 13.8 Å². The number of esters is 2. The van der Waals surface area contributed by atoms with Gasteiger partial charge in [0.1, 0.15) is 0 Å². The Morgan fingerprint density at radius 3 is 2.40 bits per heavy atom. The SMILES string of the molecule is COC(=O)c1c(C)[nH]c(C(=O)COC(=O)c2ccc(OC)nc2)c1C. The van der Waals surface area contributed by atoms with Crippen LogP contribution in [0.4, 0.5) is 0 Å². The average molecular weight is 346 g/mol. The summed E-state index contributed by atoms with van der Waals surface area (Å²) in [5.41, 5.74) is 1.67.